The minimum absolute atomic E-state index is 0.0243. The summed E-state index contributed by atoms with van der Waals surface area (Å²) in [5.41, 5.74) is 2.04. The molecule has 0 saturated heterocycles. The van der Waals surface area contributed by atoms with E-state index in [9.17, 15) is 4.79 Å². The minimum Gasteiger partial charge on any atom is -0.468 e. The van der Waals surface area contributed by atoms with Crippen molar-refractivity contribution in [2.75, 3.05) is 6.61 Å². The van der Waals surface area contributed by atoms with E-state index in [2.05, 4.69) is 15.4 Å². The molecule has 8 heteroatoms. The standard InChI is InChI=1S/C20H20N4O3S/c1-3-26-19(25)14-11-22-24(20-23-15-7-4-5-9-18(15)28-20)16(14)12-21-13(2)17-8-6-10-27-17/h4-11,13,21H,3,12H2,1-2H3. The van der Waals surface area contributed by atoms with Crippen molar-refractivity contribution in [2.24, 2.45) is 0 Å². The van der Waals surface area contributed by atoms with Crippen LogP contribution in [0.4, 0.5) is 0 Å². The normalized spacial score (nSPS) is 12.4. The van der Waals surface area contributed by atoms with Gasteiger partial charge in [0.2, 0.25) is 5.13 Å². The summed E-state index contributed by atoms with van der Waals surface area (Å²) >= 11 is 1.53. The van der Waals surface area contributed by atoms with E-state index in [0.717, 1.165) is 16.0 Å². The highest BCUT2D eigenvalue weighted by Gasteiger charge is 2.22. The Balaban J connectivity index is 1.68. The molecule has 0 aliphatic heterocycles. The predicted octanol–water partition coefficient (Wildman–Crippen LogP) is 4.10. The van der Waals surface area contributed by atoms with Crippen LogP contribution in [0.25, 0.3) is 15.3 Å². The summed E-state index contributed by atoms with van der Waals surface area (Å²) < 4.78 is 13.4. The number of esters is 1. The maximum absolute atomic E-state index is 12.4. The van der Waals surface area contributed by atoms with Gasteiger partial charge in [0.1, 0.15) is 11.3 Å². The monoisotopic (exact) mass is 396 g/mol. The third-order valence-corrected chi connectivity index (χ3v) is 5.39. The molecule has 144 valence electrons. The summed E-state index contributed by atoms with van der Waals surface area (Å²) in [5, 5.41) is 8.52. The van der Waals surface area contributed by atoms with Crippen LogP contribution in [0.5, 0.6) is 0 Å². The number of hydrogen-bond acceptors (Lipinski definition) is 7. The molecule has 0 radical (unpaired) electrons. The minimum atomic E-state index is -0.391. The van der Waals surface area contributed by atoms with Gasteiger partial charge in [0.25, 0.3) is 0 Å². The van der Waals surface area contributed by atoms with Crippen LogP contribution < -0.4 is 5.32 Å². The number of nitrogens with one attached hydrogen (secondary N) is 1. The Morgan fingerprint density at radius 2 is 2.18 bits per heavy atom. The Kier molecular flexibility index (Phi) is 5.23. The molecule has 0 spiro atoms. The number of carbonyl (C=O) groups is 1. The fraction of sp³-hybridized carbons (Fsp3) is 0.250. The highest BCUT2D eigenvalue weighted by Crippen LogP contribution is 2.26. The van der Waals surface area contributed by atoms with Gasteiger partial charge in [-0.2, -0.15) is 5.10 Å². The number of fused-ring (bicyclic) bond motifs is 1. The summed E-state index contributed by atoms with van der Waals surface area (Å²) in [6, 6.07) is 11.6. The first-order chi connectivity index (χ1) is 13.7. The molecule has 4 rings (SSSR count). The van der Waals surface area contributed by atoms with Gasteiger partial charge in [-0.3, -0.25) is 0 Å². The first-order valence-corrected chi connectivity index (χ1v) is 9.85. The Hall–Kier alpha value is -2.97. The molecule has 7 nitrogen and oxygen atoms in total. The zero-order chi connectivity index (χ0) is 19.5. The zero-order valence-electron chi connectivity index (χ0n) is 15.6. The van der Waals surface area contributed by atoms with Gasteiger partial charge < -0.3 is 14.5 Å². The van der Waals surface area contributed by atoms with E-state index in [4.69, 9.17) is 9.15 Å². The Labute approximate surface area is 166 Å². The molecular formula is C20H20N4O3S. The van der Waals surface area contributed by atoms with Gasteiger partial charge in [0, 0.05) is 6.54 Å². The molecular weight excluding hydrogens is 376 g/mol. The van der Waals surface area contributed by atoms with Crippen molar-refractivity contribution < 1.29 is 13.9 Å². The molecule has 0 aliphatic rings. The molecule has 4 aromatic rings. The van der Waals surface area contributed by atoms with Crippen LogP contribution in [-0.2, 0) is 11.3 Å². The fourth-order valence-electron chi connectivity index (χ4n) is 2.93. The second kappa shape index (κ2) is 7.95. The predicted molar refractivity (Wildman–Crippen MR) is 107 cm³/mol. The van der Waals surface area contributed by atoms with Gasteiger partial charge in [0.05, 0.1) is 41.0 Å². The topological polar surface area (TPSA) is 82.2 Å². The van der Waals surface area contributed by atoms with Gasteiger partial charge in [-0.05, 0) is 38.1 Å². The number of hydrogen-bond donors (Lipinski definition) is 1. The lowest BCUT2D eigenvalue weighted by molar-refractivity contribution is 0.0524. The van der Waals surface area contributed by atoms with Crippen molar-refractivity contribution >= 4 is 27.5 Å². The van der Waals surface area contributed by atoms with Gasteiger partial charge in [0.15, 0.2) is 0 Å². The van der Waals surface area contributed by atoms with E-state index < -0.39 is 5.97 Å². The van der Waals surface area contributed by atoms with Crippen LogP contribution in [0.2, 0.25) is 0 Å². The molecule has 3 heterocycles. The molecule has 1 atom stereocenters. The lowest BCUT2D eigenvalue weighted by Crippen LogP contribution is -2.21. The quantitative estimate of drug-likeness (QED) is 0.474. The first kappa shape index (κ1) is 18.4. The van der Waals surface area contributed by atoms with E-state index in [1.165, 1.54) is 11.3 Å². The average molecular weight is 396 g/mol. The van der Waals surface area contributed by atoms with Crippen molar-refractivity contribution in [3.05, 3.63) is 65.9 Å². The molecule has 1 aromatic carbocycles. The van der Waals surface area contributed by atoms with Crippen molar-refractivity contribution in [3.8, 4) is 5.13 Å². The molecule has 0 bridgehead atoms. The fourth-order valence-corrected chi connectivity index (χ4v) is 3.88. The molecule has 1 N–H and O–H groups in total. The lowest BCUT2D eigenvalue weighted by atomic mass is 10.2. The molecule has 28 heavy (non-hydrogen) atoms. The Morgan fingerprint density at radius 3 is 2.93 bits per heavy atom. The number of nitrogens with zero attached hydrogens (tertiary/aromatic N) is 3. The van der Waals surface area contributed by atoms with Crippen molar-refractivity contribution in [1.82, 2.24) is 20.1 Å². The van der Waals surface area contributed by atoms with E-state index in [1.807, 2.05) is 43.3 Å². The third-order valence-electron chi connectivity index (χ3n) is 4.37. The van der Waals surface area contributed by atoms with E-state index >= 15 is 0 Å². The number of aromatic nitrogens is 3. The maximum atomic E-state index is 12.4. The molecule has 0 aliphatic carbocycles. The SMILES string of the molecule is CCOC(=O)c1cnn(-c2nc3ccccc3s2)c1CNC(C)c1ccco1. The largest absolute Gasteiger partial charge is 0.468 e. The van der Waals surface area contributed by atoms with Crippen molar-refractivity contribution in [2.45, 2.75) is 26.4 Å². The van der Waals surface area contributed by atoms with Gasteiger partial charge >= 0.3 is 5.97 Å². The van der Waals surface area contributed by atoms with Crippen LogP contribution in [0.1, 0.15) is 41.7 Å². The van der Waals surface area contributed by atoms with Crippen LogP contribution in [0, 0.1) is 0 Å². The number of rotatable bonds is 7. The van der Waals surface area contributed by atoms with Crippen LogP contribution in [0.15, 0.2) is 53.3 Å². The highest BCUT2D eigenvalue weighted by molar-refractivity contribution is 7.20. The van der Waals surface area contributed by atoms with Gasteiger partial charge in [-0.15, -0.1) is 0 Å². The summed E-state index contributed by atoms with van der Waals surface area (Å²) in [6.07, 6.45) is 3.18. The van der Waals surface area contributed by atoms with E-state index in [0.29, 0.717) is 29.5 Å². The molecule has 1 unspecified atom stereocenters. The van der Waals surface area contributed by atoms with Gasteiger partial charge in [-0.25, -0.2) is 14.5 Å². The number of carbonyl (C=O) groups excluding carboxylic acids is 1. The number of para-hydroxylation sites is 1. The summed E-state index contributed by atoms with van der Waals surface area (Å²) in [5.74, 6) is 0.432. The number of furan rings is 1. The maximum Gasteiger partial charge on any atom is 0.341 e. The summed E-state index contributed by atoms with van der Waals surface area (Å²) in [7, 11) is 0. The van der Waals surface area contributed by atoms with E-state index in [-0.39, 0.29) is 6.04 Å². The van der Waals surface area contributed by atoms with Gasteiger partial charge in [-0.1, -0.05) is 23.5 Å². The molecule has 0 fully saturated rings. The van der Waals surface area contributed by atoms with E-state index in [1.54, 1.807) is 24.1 Å². The lowest BCUT2D eigenvalue weighted by Gasteiger charge is -2.13. The third kappa shape index (κ3) is 3.56. The van der Waals surface area contributed by atoms with Crippen LogP contribution in [-0.4, -0.2) is 27.3 Å². The number of thiazole rings is 1. The first-order valence-electron chi connectivity index (χ1n) is 9.04. The van der Waals surface area contributed by atoms with Crippen molar-refractivity contribution in [1.29, 1.82) is 0 Å². The second-order valence-electron chi connectivity index (χ2n) is 6.22. The zero-order valence-corrected chi connectivity index (χ0v) is 16.4. The smallest absolute Gasteiger partial charge is 0.341 e. The summed E-state index contributed by atoms with van der Waals surface area (Å²) in [4.78, 5) is 17.1. The van der Waals surface area contributed by atoms with Crippen LogP contribution in [0.3, 0.4) is 0 Å². The van der Waals surface area contributed by atoms with Crippen molar-refractivity contribution in [3.63, 3.8) is 0 Å². The number of benzene rings is 1. The number of ether oxygens (including phenoxy) is 1. The second-order valence-corrected chi connectivity index (χ2v) is 7.23. The molecule has 3 aromatic heterocycles. The Morgan fingerprint density at radius 1 is 1.32 bits per heavy atom. The Bertz CT molecular complexity index is 1050. The van der Waals surface area contributed by atoms with Crippen LogP contribution >= 0.6 is 11.3 Å². The average Bonchev–Trinajstić information content (AvgIpc) is 3.44. The summed E-state index contributed by atoms with van der Waals surface area (Å²) in [6.45, 7) is 4.50. The molecule has 0 saturated carbocycles. The molecule has 0 amide bonds. The highest BCUT2D eigenvalue weighted by atomic mass is 32.1.